The molecule has 0 spiro atoms. The summed E-state index contributed by atoms with van der Waals surface area (Å²) in [5, 5.41) is 4.74. The van der Waals surface area contributed by atoms with Crippen molar-refractivity contribution in [2.45, 2.75) is 20.4 Å². The topological polar surface area (TPSA) is 41.4 Å². The summed E-state index contributed by atoms with van der Waals surface area (Å²) in [6.45, 7) is 8.04. The molecule has 0 radical (unpaired) electrons. The van der Waals surface area contributed by atoms with E-state index in [2.05, 4.69) is 30.9 Å². The molecule has 0 N–H and O–H groups in total. The molecular formula is C25H27FN4O. The molecule has 0 bridgehead atoms. The van der Waals surface area contributed by atoms with Gasteiger partial charge in [0.2, 0.25) is 5.91 Å². The Labute approximate surface area is 182 Å². The number of hydrogen-bond acceptors (Lipinski definition) is 3. The van der Waals surface area contributed by atoms with Crippen LogP contribution in [-0.2, 0) is 11.3 Å². The lowest BCUT2D eigenvalue weighted by atomic mass is 10.1. The first-order chi connectivity index (χ1) is 15.0. The smallest absolute Gasteiger partial charge is 0.246 e. The Morgan fingerprint density at radius 2 is 1.68 bits per heavy atom. The SMILES string of the molecule is Cc1nn(-c2ccccc2)c(C)c1CN1CCN(C(=O)/C=C/c2ccc(F)cc2)CC1. The summed E-state index contributed by atoms with van der Waals surface area (Å²) in [5.41, 5.74) is 5.33. The molecule has 1 fully saturated rings. The maximum Gasteiger partial charge on any atom is 0.246 e. The number of carbonyl (C=O) groups is 1. The molecule has 5 nitrogen and oxygen atoms in total. The van der Waals surface area contributed by atoms with Crippen molar-refractivity contribution in [2.24, 2.45) is 0 Å². The highest BCUT2D eigenvalue weighted by Gasteiger charge is 2.22. The highest BCUT2D eigenvalue weighted by Crippen LogP contribution is 2.20. The highest BCUT2D eigenvalue weighted by atomic mass is 19.1. The largest absolute Gasteiger partial charge is 0.337 e. The maximum atomic E-state index is 13.0. The van der Waals surface area contributed by atoms with Crippen molar-refractivity contribution >= 4 is 12.0 Å². The third kappa shape index (κ3) is 4.91. The van der Waals surface area contributed by atoms with Gasteiger partial charge in [-0.2, -0.15) is 5.10 Å². The number of amides is 1. The molecule has 2 aromatic carbocycles. The number of nitrogens with zero attached hydrogens (tertiary/aromatic N) is 4. The number of aromatic nitrogens is 2. The molecule has 0 saturated carbocycles. The highest BCUT2D eigenvalue weighted by molar-refractivity contribution is 5.91. The van der Waals surface area contributed by atoms with Gasteiger partial charge in [-0.3, -0.25) is 9.69 Å². The molecule has 0 atom stereocenters. The lowest BCUT2D eigenvalue weighted by Gasteiger charge is -2.34. The van der Waals surface area contributed by atoms with Crippen molar-refractivity contribution in [1.82, 2.24) is 19.6 Å². The molecule has 1 aromatic heterocycles. The first-order valence-corrected chi connectivity index (χ1v) is 10.6. The van der Waals surface area contributed by atoms with E-state index in [9.17, 15) is 9.18 Å². The minimum atomic E-state index is -0.278. The van der Waals surface area contributed by atoms with Crippen molar-refractivity contribution in [3.05, 3.63) is 89.0 Å². The third-order valence-corrected chi connectivity index (χ3v) is 5.80. The number of halogens is 1. The summed E-state index contributed by atoms with van der Waals surface area (Å²) in [6, 6.07) is 16.3. The third-order valence-electron chi connectivity index (χ3n) is 5.80. The van der Waals surface area contributed by atoms with Crippen molar-refractivity contribution in [3.63, 3.8) is 0 Å². The molecule has 1 aliphatic rings. The Kier molecular flexibility index (Phi) is 6.28. The zero-order valence-electron chi connectivity index (χ0n) is 18.0. The summed E-state index contributed by atoms with van der Waals surface area (Å²) in [7, 11) is 0. The van der Waals surface area contributed by atoms with Gasteiger partial charge in [0.05, 0.1) is 11.4 Å². The quantitative estimate of drug-likeness (QED) is 0.589. The van der Waals surface area contributed by atoms with Crippen molar-refractivity contribution in [1.29, 1.82) is 0 Å². The average Bonchev–Trinajstić information content (AvgIpc) is 3.08. The Bertz CT molecular complexity index is 1060. The fourth-order valence-electron chi connectivity index (χ4n) is 3.92. The van der Waals surface area contributed by atoms with Gasteiger partial charge in [0.1, 0.15) is 5.82 Å². The van der Waals surface area contributed by atoms with Gasteiger partial charge < -0.3 is 4.90 Å². The molecule has 31 heavy (non-hydrogen) atoms. The average molecular weight is 419 g/mol. The minimum Gasteiger partial charge on any atom is -0.337 e. The predicted molar refractivity (Wildman–Crippen MR) is 120 cm³/mol. The maximum absolute atomic E-state index is 13.0. The monoisotopic (exact) mass is 418 g/mol. The van der Waals surface area contributed by atoms with Gasteiger partial charge in [-0.15, -0.1) is 0 Å². The second-order valence-electron chi connectivity index (χ2n) is 7.88. The van der Waals surface area contributed by atoms with Gasteiger partial charge in [-0.25, -0.2) is 9.07 Å². The van der Waals surface area contributed by atoms with Gasteiger partial charge in [-0.05, 0) is 49.8 Å². The fourth-order valence-corrected chi connectivity index (χ4v) is 3.92. The predicted octanol–water partition coefficient (Wildman–Crippen LogP) is 3.99. The van der Waals surface area contributed by atoms with Crippen LogP contribution in [0.4, 0.5) is 4.39 Å². The number of para-hydroxylation sites is 1. The summed E-state index contributed by atoms with van der Waals surface area (Å²) in [6.07, 6.45) is 3.31. The van der Waals surface area contributed by atoms with Crippen LogP contribution in [0, 0.1) is 19.7 Å². The first kappa shape index (κ1) is 21.0. The number of rotatable bonds is 5. The van der Waals surface area contributed by atoms with E-state index in [0.29, 0.717) is 13.1 Å². The van der Waals surface area contributed by atoms with E-state index in [0.717, 1.165) is 42.3 Å². The summed E-state index contributed by atoms with van der Waals surface area (Å²) in [4.78, 5) is 16.7. The number of aryl methyl sites for hydroxylation is 1. The lowest BCUT2D eigenvalue weighted by molar-refractivity contribution is -0.127. The van der Waals surface area contributed by atoms with E-state index in [1.165, 1.54) is 17.7 Å². The van der Waals surface area contributed by atoms with Crippen LogP contribution in [0.15, 0.2) is 60.7 Å². The second-order valence-corrected chi connectivity index (χ2v) is 7.88. The van der Waals surface area contributed by atoms with Crippen LogP contribution in [0.3, 0.4) is 0 Å². The molecule has 4 rings (SSSR count). The minimum absolute atomic E-state index is 0.00627. The Morgan fingerprint density at radius 1 is 1.00 bits per heavy atom. The van der Waals surface area contributed by atoms with E-state index in [1.807, 2.05) is 27.8 Å². The van der Waals surface area contributed by atoms with Crippen LogP contribution < -0.4 is 0 Å². The van der Waals surface area contributed by atoms with Crippen molar-refractivity contribution in [2.75, 3.05) is 26.2 Å². The lowest BCUT2D eigenvalue weighted by Crippen LogP contribution is -2.47. The number of carbonyl (C=O) groups excluding carboxylic acids is 1. The van der Waals surface area contributed by atoms with E-state index < -0.39 is 0 Å². The van der Waals surface area contributed by atoms with E-state index in [-0.39, 0.29) is 11.7 Å². The number of benzene rings is 2. The standard InChI is InChI=1S/C25H27FN4O/c1-19-24(20(2)30(27-19)23-6-4-3-5-7-23)18-28-14-16-29(17-15-28)25(31)13-10-21-8-11-22(26)12-9-21/h3-13H,14-18H2,1-2H3/b13-10+. The van der Waals surface area contributed by atoms with Gasteiger partial charge in [0.25, 0.3) is 0 Å². The number of piperazine rings is 1. The van der Waals surface area contributed by atoms with Gasteiger partial charge in [0, 0.05) is 50.1 Å². The normalized spacial score (nSPS) is 15.0. The van der Waals surface area contributed by atoms with Crippen LogP contribution in [0.2, 0.25) is 0 Å². The Hall–Kier alpha value is -3.25. The van der Waals surface area contributed by atoms with Gasteiger partial charge >= 0.3 is 0 Å². The molecule has 2 heterocycles. The molecule has 6 heteroatoms. The van der Waals surface area contributed by atoms with E-state index >= 15 is 0 Å². The molecule has 3 aromatic rings. The van der Waals surface area contributed by atoms with Crippen LogP contribution in [0.1, 0.15) is 22.5 Å². The van der Waals surface area contributed by atoms with Crippen LogP contribution >= 0.6 is 0 Å². The molecule has 0 unspecified atom stereocenters. The van der Waals surface area contributed by atoms with Crippen LogP contribution in [0.25, 0.3) is 11.8 Å². The fraction of sp³-hybridized carbons (Fsp3) is 0.280. The Balaban J connectivity index is 1.35. The molecule has 1 saturated heterocycles. The van der Waals surface area contributed by atoms with Crippen molar-refractivity contribution in [3.8, 4) is 5.69 Å². The molecular weight excluding hydrogens is 391 g/mol. The van der Waals surface area contributed by atoms with Gasteiger partial charge in [-0.1, -0.05) is 30.3 Å². The van der Waals surface area contributed by atoms with Crippen LogP contribution in [-0.4, -0.2) is 51.7 Å². The van der Waals surface area contributed by atoms with Gasteiger partial charge in [0.15, 0.2) is 0 Å². The second kappa shape index (κ2) is 9.27. The summed E-state index contributed by atoms with van der Waals surface area (Å²) in [5.74, 6) is -0.285. The zero-order valence-corrected chi connectivity index (χ0v) is 18.0. The molecule has 1 aliphatic heterocycles. The molecule has 1 amide bonds. The summed E-state index contributed by atoms with van der Waals surface area (Å²) < 4.78 is 15.0. The molecule has 0 aliphatic carbocycles. The van der Waals surface area contributed by atoms with E-state index in [4.69, 9.17) is 5.10 Å². The number of hydrogen-bond donors (Lipinski definition) is 0. The molecule has 160 valence electrons. The first-order valence-electron chi connectivity index (χ1n) is 10.6. The van der Waals surface area contributed by atoms with E-state index in [1.54, 1.807) is 24.3 Å². The summed E-state index contributed by atoms with van der Waals surface area (Å²) >= 11 is 0. The Morgan fingerprint density at radius 3 is 2.35 bits per heavy atom. The zero-order chi connectivity index (χ0) is 21.8. The van der Waals surface area contributed by atoms with Crippen LogP contribution in [0.5, 0.6) is 0 Å². The van der Waals surface area contributed by atoms with Crippen molar-refractivity contribution < 1.29 is 9.18 Å².